The number of rotatable bonds is 7. The van der Waals surface area contributed by atoms with Crippen molar-refractivity contribution in [3.8, 4) is 5.75 Å². The Morgan fingerprint density at radius 3 is 2.79 bits per heavy atom. The topological polar surface area (TPSA) is 101 Å². The van der Waals surface area contributed by atoms with E-state index in [0.717, 1.165) is 17.3 Å². The Morgan fingerprint density at radius 1 is 1.24 bits per heavy atom. The number of aliphatic imine (C=N–C) groups is 1. The average molecular weight is 465 g/mol. The molecule has 1 aromatic heterocycles. The monoisotopic (exact) mass is 464 g/mol. The summed E-state index contributed by atoms with van der Waals surface area (Å²) < 4.78 is 11.9. The van der Waals surface area contributed by atoms with Crippen molar-refractivity contribution in [3.05, 3.63) is 72.1 Å². The van der Waals surface area contributed by atoms with E-state index < -0.39 is 0 Å². The van der Waals surface area contributed by atoms with Gasteiger partial charge in [-0.1, -0.05) is 46.8 Å². The summed E-state index contributed by atoms with van der Waals surface area (Å²) in [6.45, 7) is 2.54. The molecule has 2 aromatic carbocycles. The third-order valence-electron chi connectivity index (χ3n) is 4.67. The smallest absolute Gasteiger partial charge is 0.302 e. The minimum Gasteiger partial charge on any atom is -0.497 e. The number of anilines is 2. The lowest BCUT2D eigenvalue weighted by atomic mass is 10.2. The van der Waals surface area contributed by atoms with Crippen LogP contribution >= 0.6 is 11.8 Å². The predicted molar refractivity (Wildman–Crippen MR) is 126 cm³/mol. The SMILES string of the molecule is CC[n+]1cc(NC(=O)CSC2=N/C(=C/c3cccc(OC)c3)C(=O)N2c2ccccc2)on1. The fourth-order valence-corrected chi connectivity index (χ4v) is 3.89. The number of methoxy groups -OCH3 is 1. The summed E-state index contributed by atoms with van der Waals surface area (Å²) >= 11 is 1.16. The highest BCUT2D eigenvalue weighted by Crippen LogP contribution is 2.29. The van der Waals surface area contributed by atoms with E-state index >= 15 is 0 Å². The number of hydrogen-bond donors (Lipinski definition) is 1. The van der Waals surface area contributed by atoms with Crippen molar-refractivity contribution in [2.24, 2.45) is 4.99 Å². The summed E-state index contributed by atoms with van der Waals surface area (Å²) in [5, 5.41) is 6.84. The van der Waals surface area contributed by atoms with Crippen LogP contribution in [-0.2, 0) is 16.1 Å². The lowest BCUT2D eigenvalue weighted by Crippen LogP contribution is -2.33. The second kappa shape index (κ2) is 10.1. The summed E-state index contributed by atoms with van der Waals surface area (Å²) in [7, 11) is 1.59. The first kappa shape index (κ1) is 22.3. The molecule has 2 heterocycles. The van der Waals surface area contributed by atoms with Crippen molar-refractivity contribution in [2.45, 2.75) is 13.5 Å². The first-order valence-electron chi connectivity index (χ1n) is 10.2. The van der Waals surface area contributed by atoms with Crippen molar-refractivity contribution >= 4 is 46.4 Å². The number of thioether (sulfide) groups is 1. The molecular formula is C23H22N5O4S+. The number of aryl methyl sites for hydroxylation is 1. The van der Waals surface area contributed by atoms with Gasteiger partial charge in [-0.3, -0.25) is 24.3 Å². The van der Waals surface area contributed by atoms with Crippen LogP contribution in [0.2, 0.25) is 0 Å². The molecule has 0 unspecified atom stereocenters. The molecule has 168 valence electrons. The molecule has 2 amide bonds. The summed E-state index contributed by atoms with van der Waals surface area (Å²) in [5.41, 5.74) is 1.73. The lowest BCUT2D eigenvalue weighted by Gasteiger charge is -2.17. The minimum atomic E-state index is -0.298. The molecule has 1 aliphatic heterocycles. The van der Waals surface area contributed by atoms with Crippen molar-refractivity contribution in [1.29, 1.82) is 0 Å². The zero-order valence-corrected chi connectivity index (χ0v) is 18.9. The number of aromatic nitrogens is 2. The third kappa shape index (κ3) is 5.29. The first-order chi connectivity index (χ1) is 16.1. The molecule has 1 N–H and O–H groups in total. The van der Waals surface area contributed by atoms with Gasteiger partial charge >= 0.3 is 5.88 Å². The van der Waals surface area contributed by atoms with E-state index in [0.29, 0.717) is 23.1 Å². The number of benzene rings is 2. The highest BCUT2D eigenvalue weighted by Gasteiger charge is 2.32. The number of hydrogen-bond acceptors (Lipinski definition) is 7. The first-order valence-corrected chi connectivity index (χ1v) is 11.2. The van der Waals surface area contributed by atoms with Crippen LogP contribution in [0.1, 0.15) is 12.5 Å². The standard InChI is InChI=1S/C23H21N5O4S/c1-3-27-14-21(32-26-27)25-20(29)15-33-23-24-19(13-16-8-7-11-18(12-16)31-2)22(30)28(23)17-9-5-4-6-10-17/h4-14H,3,15H2,1-2H3/p+1/b19-13+. The summed E-state index contributed by atoms with van der Waals surface area (Å²) in [5.74, 6) is 0.403. The van der Waals surface area contributed by atoms with Gasteiger partial charge in [0.2, 0.25) is 11.2 Å². The Balaban J connectivity index is 1.55. The zero-order chi connectivity index (χ0) is 23.2. The highest BCUT2D eigenvalue weighted by atomic mass is 32.2. The molecule has 3 aromatic rings. The number of nitrogens with one attached hydrogen (secondary N) is 1. The van der Waals surface area contributed by atoms with E-state index in [-0.39, 0.29) is 29.1 Å². The van der Waals surface area contributed by atoms with Gasteiger partial charge < -0.3 is 4.74 Å². The van der Waals surface area contributed by atoms with Gasteiger partial charge in [-0.15, -0.1) is 0 Å². The predicted octanol–water partition coefficient (Wildman–Crippen LogP) is 3.11. The van der Waals surface area contributed by atoms with Crippen LogP contribution in [0, 0.1) is 0 Å². The number of amidine groups is 1. The number of para-hydroxylation sites is 1. The molecular weight excluding hydrogens is 442 g/mol. The normalized spacial score (nSPS) is 14.5. The van der Waals surface area contributed by atoms with Gasteiger partial charge in [-0.2, -0.15) is 0 Å². The van der Waals surface area contributed by atoms with Crippen LogP contribution in [-0.4, -0.2) is 35.1 Å². The maximum absolute atomic E-state index is 13.2. The van der Waals surface area contributed by atoms with Crippen molar-refractivity contribution < 1.29 is 23.5 Å². The van der Waals surface area contributed by atoms with Crippen LogP contribution in [0.25, 0.3) is 6.08 Å². The largest absolute Gasteiger partial charge is 0.497 e. The van der Waals surface area contributed by atoms with Crippen molar-refractivity contribution in [2.75, 3.05) is 23.1 Å². The van der Waals surface area contributed by atoms with Crippen LogP contribution in [0.3, 0.4) is 0 Å². The summed E-state index contributed by atoms with van der Waals surface area (Å²) in [6.07, 6.45) is 3.30. The Bertz CT molecular complexity index is 1220. The van der Waals surface area contributed by atoms with Gasteiger partial charge in [-0.05, 0) is 42.8 Å². The van der Waals surface area contributed by atoms with Gasteiger partial charge in [0.15, 0.2) is 11.7 Å². The lowest BCUT2D eigenvalue weighted by molar-refractivity contribution is -0.759. The molecule has 0 bridgehead atoms. The van der Waals surface area contributed by atoms with E-state index in [1.807, 2.05) is 61.5 Å². The molecule has 0 saturated carbocycles. The molecule has 9 nitrogen and oxygen atoms in total. The molecule has 0 saturated heterocycles. The van der Waals surface area contributed by atoms with Gasteiger partial charge in [-0.25, -0.2) is 4.99 Å². The van der Waals surface area contributed by atoms with Gasteiger partial charge in [0, 0.05) is 0 Å². The van der Waals surface area contributed by atoms with Crippen molar-refractivity contribution in [3.63, 3.8) is 0 Å². The summed E-state index contributed by atoms with van der Waals surface area (Å²) in [6, 6.07) is 16.5. The molecule has 1 aliphatic rings. The van der Waals surface area contributed by atoms with Crippen molar-refractivity contribution in [1.82, 2.24) is 5.27 Å². The van der Waals surface area contributed by atoms with Gasteiger partial charge in [0.05, 0.1) is 18.6 Å². The van der Waals surface area contributed by atoms with Crippen LogP contribution in [0.15, 0.2) is 76.0 Å². The van der Waals surface area contributed by atoms with Crippen LogP contribution in [0.5, 0.6) is 5.75 Å². The Morgan fingerprint density at radius 2 is 2.06 bits per heavy atom. The molecule has 0 spiro atoms. The second-order valence-corrected chi connectivity index (χ2v) is 7.88. The summed E-state index contributed by atoms with van der Waals surface area (Å²) in [4.78, 5) is 31.7. The Labute approximate surface area is 194 Å². The number of ether oxygens (including phenoxy) is 1. The maximum Gasteiger partial charge on any atom is 0.302 e. The van der Waals surface area contributed by atoms with Gasteiger partial charge in [0.1, 0.15) is 11.4 Å². The maximum atomic E-state index is 13.2. The molecule has 0 fully saturated rings. The minimum absolute atomic E-state index is 0.0364. The van der Waals surface area contributed by atoms with E-state index in [9.17, 15) is 9.59 Å². The number of amides is 2. The molecule has 4 rings (SSSR count). The fourth-order valence-electron chi connectivity index (χ4n) is 3.07. The van der Waals surface area contributed by atoms with Crippen LogP contribution in [0.4, 0.5) is 11.6 Å². The number of nitrogens with zero attached hydrogens (tertiary/aromatic N) is 4. The highest BCUT2D eigenvalue weighted by molar-refractivity contribution is 8.14. The van der Waals surface area contributed by atoms with Crippen LogP contribution < -0.4 is 19.6 Å². The molecule has 0 radical (unpaired) electrons. The molecule has 0 aliphatic carbocycles. The quantitative estimate of drug-likeness (QED) is 0.426. The van der Waals surface area contributed by atoms with Gasteiger partial charge in [0.25, 0.3) is 12.1 Å². The van der Waals surface area contributed by atoms with E-state index in [1.165, 1.54) is 4.90 Å². The van der Waals surface area contributed by atoms with E-state index in [4.69, 9.17) is 9.26 Å². The van der Waals surface area contributed by atoms with E-state index in [2.05, 4.69) is 15.6 Å². The Kier molecular flexibility index (Phi) is 6.84. The fraction of sp³-hybridized carbons (Fsp3) is 0.174. The number of carbonyl (C=O) groups is 2. The zero-order valence-electron chi connectivity index (χ0n) is 18.1. The number of carbonyl (C=O) groups excluding carboxylic acids is 2. The molecule has 33 heavy (non-hydrogen) atoms. The molecule has 10 heteroatoms. The second-order valence-electron chi connectivity index (χ2n) is 6.94. The average Bonchev–Trinajstić information content (AvgIpc) is 3.42. The Hall–Kier alpha value is -3.92. The van der Waals surface area contributed by atoms with E-state index in [1.54, 1.807) is 24.1 Å². The third-order valence-corrected chi connectivity index (χ3v) is 5.61. The molecule has 0 atom stereocenters.